The Bertz CT molecular complexity index is 1550. The summed E-state index contributed by atoms with van der Waals surface area (Å²) in [6.45, 7) is 0.997. The number of ether oxygens (including phenoxy) is 2. The summed E-state index contributed by atoms with van der Waals surface area (Å²) in [5.74, 6) is -1.02. The van der Waals surface area contributed by atoms with Gasteiger partial charge in [0.1, 0.15) is 18.4 Å². The number of carbonyl (C=O) groups excluding carboxylic acids is 2. The summed E-state index contributed by atoms with van der Waals surface area (Å²) in [7, 11) is -1.58. The van der Waals surface area contributed by atoms with E-state index in [2.05, 4.69) is 5.32 Å². The maximum atomic E-state index is 14.1. The zero-order valence-electron chi connectivity index (χ0n) is 25.0. The molecule has 0 aromatic heterocycles. The highest BCUT2D eigenvalue weighted by Crippen LogP contribution is 2.32. The molecule has 2 amide bonds. The average molecular weight is 646 g/mol. The van der Waals surface area contributed by atoms with Gasteiger partial charge in [0.15, 0.2) is 11.5 Å². The average Bonchev–Trinajstić information content (AvgIpc) is 3.03. The molecule has 9 nitrogen and oxygen atoms in total. The fourth-order valence-corrected chi connectivity index (χ4v) is 6.73. The Labute approximate surface area is 262 Å². The van der Waals surface area contributed by atoms with E-state index in [1.807, 2.05) is 0 Å². The van der Waals surface area contributed by atoms with Crippen molar-refractivity contribution in [2.24, 2.45) is 0 Å². The van der Waals surface area contributed by atoms with Crippen LogP contribution in [0, 0.1) is 5.82 Å². The molecule has 0 radical (unpaired) electrons. The molecule has 0 saturated heterocycles. The van der Waals surface area contributed by atoms with E-state index in [1.165, 1.54) is 49.5 Å². The van der Waals surface area contributed by atoms with Crippen LogP contribution >= 0.6 is 11.6 Å². The van der Waals surface area contributed by atoms with E-state index in [0.717, 1.165) is 48.5 Å². The maximum Gasteiger partial charge on any atom is 0.264 e. The van der Waals surface area contributed by atoms with Gasteiger partial charge >= 0.3 is 0 Å². The topological polar surface area (TPSA) is 105 Å². The monoisotopic (exact) mass is 645 g/mol. The van der Waals surface area contributed by atoms with Crippen LogP contribution in [0.3, 0.4) is 0 Å². The quantitative estimate of drug-likeness (QED) is 0.277. The molecule has 0 heterocycles. The van der Waals surface area contributed by atoms with Crippen LogP contribution in [0.2, 0.25) is 5.02 Å². The molecular weight excluding hydrogens is 609 g/mol. The zero-order chi connectivity index (χ0) is 31.9. The maximum absolute atomic E-state index is 14.1. The van der Waals surface area contributed by atoms with Gasteiger partial charge in [-0.25, -0.2) is 12.8 Å². The number of halogens is 2. The van der Waals surface area contributed by atoms with Crippen molar-refractivity contribution in [3.63, 3.8) is 0 Å². The lowest BCUT2D eigenvalue weighted by molar-refractivity contribution is -0.139. The van der Waals surface area contributed by atoms with E-state index < -0.39 is 34.3 Å². The first kappa shape index (κ1) is 33.1. The molecule has 3 aromatic carbocycles. The smallest absolute Gasteiger partial charge is 0.264 e. The van der Waals surface area contributed by atoms with Gasteiger partial charge in [0.25, 0.3) is 10.0 Å². The predicted octanol–water partition coefficient (Wildman–Crippen LogP) is 5.56. The van der Waals surface area contributed by atoms with Crippen LogP contribution in [0.1, 0.15) is 44.6 Å². The predicted molar refractivity (Wildman–Crippen MR) is 167 cm³/mol. The highest BCUT2D eigenvalue weighted by atomic mass is 35.5. The molecule has 12 heteroatoms. The summed E-state index contributed by atoms with van der Waals surface area (Å²) in [4.78, 5) is 28.7. The van der Waals surface area contributed by atoms with Crippen LogP contribution in [-0.4, -0.2) is 58.0 Å². The zero-order valence-corrected chi connectivity index (χ0v) is 26.5. The molecule has 236 valence electrons. The second-order valence-corrected chi connectivity index (χ2v) is 13.0. The van der Waals surface area contributed by atoms with Crippen molar-refractivity contribution in [2.75, 3.05) is 25.1 Å². The third kappa shape index (κ3) is 8.00. The highest BCUT2D eigenvalue weighted by Gasteiger charge is 2.33. The molecule has 1 N–H and O–H groups in total. The molecule has 0 bridgehead atoms. The van der Waals surface area contributed by atoms with Gasteiger partial charge in [-0.05, 0) is 73.9 Å². The SMILES string of the molecule is COc1ccc(S(=O)(=O)N(CC(=O)N(Cc2ccc(Cl)cc2)[C@@H](C)C(=O)NC2CCCCC2)c2ccc(F)cc2)cc1OC. The lowest BCUT2D eigenvalue weighted by Crippen LogP contribution is -2.53. The Morgan fingerprint density at radius 3 is 2.20 bits per heavy atom. The summed E-state index contributed by atoms with van der Waals surface area (Å²) >= 11 is 6.07. The van der Waals surface area contributed by atoms with Crippen LogP contribution in [0.25, 0.3) is 0 Å². The van der Waals surface area contributed by atoms with Gasteiger partial charge in [-0.3, -0.25) is 13.9 Å². The molecule has 0 aliphatic heterocycles. The van der Waals surface area contributed by atoms with E-state index in [1.54, 1.807) is 31.2 Å². The standard InChI is InChI=1S/C32H37ClFN3O6S/c1-22(32(39)35-26-7-5-4-6-8-26)36(20-23-9-11-24(33)12-10-23)31(38)21-37(27-15-13-25(34)14-16-27)44(40,41)28-17-18-29(42-2)30(19-28)43-3/h9-19,22,26H,4-8,20-21H2,1-3H3,(H,35,39)/t22-/m0/s1. The Balaban J connectivity index is 1.70. The van der Waals surface area contributed by atoms with E-state index in [9.17, 15) is 22.4 Å². The second kappa shape index (κ2) is 14.8. The largest absolute Gasteiger partial charge is 0.493 e. The minimum Gasteiger partial charge on any atom is -0.493 e. The van der Waals surface area contributed by atoms with Crippen molar-refractivity contribution >= 4 is 39.1 Å². The van der Waals surface area contributed by atoms with Gasteiger partial charge in [-0.1, -0.05) is 43.0 Å². The van der Waals surface area contributed by atoms with E-state index in [-0.39, 0.29) is 34.8 Å². The molecule has 3 aromatic rings. The Kier molecular flexibility index (Phi) is 11.1. The van der Waals surface area contributed by atoms with Gasteiger partial charge in [0, 0.05) is 23.7 Å². The molecule has 1 aliphatic carbocycles. The Hall–Kier alpha value is -3.83. The van der Waals surface area contributed by atoms with Crippen LogP contribution in [0.4, 0.5) is 10.1 Å². The minimum atomic E-state index is -4.39. The van der Waals surface area contributed by atoms with Gasteiger partial charge in [0.2, 0.25) is 11.8 Å². The molecule has 0 spiro atoms. The normalized spacial score (nSPS) is 14.4. The molecular formula is C32H37ClFN3O6S. The summed E-state index contributed by atoms with van der Waals surface area (Å²) in [5.41, 5.74) is 0.774. The molecule has 44 heavy (non-hydrogen) atoms. The molecule has 1 saturated carbocycles. The number of methoxy groups -OCH3 is 2. The van der Waals surface area contributed by atoms with E-state index in [0.29, 0.717) is 16.3 Å². The molecule has 1 fully saturated rings. The number of hydrogen-bond acceptors (Lipinski definition) is 6. The Morgan fingerprint density at radius 1 is 0.955 bits per heavy atom. The van der Waals surface area contributed by atoms with Crippen molar-refractivity contribution in [1.82, 2.24) is 10.2 Å². The number of carbonyl (C=O) groups is 2. The van der Waals surface area contributed by atoms with Gasteiger partial charge in [0.05, 0.1) is 24.8 Å². The van der Waals surface area contributed by atoms with Gasteiger partial charge in [-0.2, -0.15) is 0 Å². The summed E-state index contributed by atoms with van der Waals surface area (Å²) in [6.07, 6.45) is 4.90. The third-order valence-corrected chi connectivity index (χ3v) is 9.74. The lowest BCUT2D eigenvalue weighted by Gasteiger charge is -2.33. The third-order valence-electron chi connectivity index (χ3n) is 7.72. The van der Waals surface area contributed by atoms with Crippen molar-refractivity contribution < 1.29 is 31.9 Å². The number of sulfonamides is 1. The first-order chi connectivity index (χ1) is 21.0. The van der Waals surface area contributed by atoms with E-state index in [4.69, 9.17) is 21.1 Å². The second-order valence-electron chi connectivity index (χ2n) is 10.7. The molecule has 0 unspecified atom stereocenters. The molecule has 1 aliphatic rings. The fraction of sp³-hybridized carbons (Fsp3) is 0.375. The van der Waals surface area contributed by atoms with Crippen LogP contribution < -0.4 is 19.1 Å². The fourth-order valence-electron chi connectivity index (χ4n) is 5.18. The number of nitrogens with one attached hydrogen (secondary N) is 1. The number of hydrogen-bond donors (Lipinski definition) is 1. The minimum absolute atomic E-state index is 0.0207. The number of anilines is 1. The highest BCUT2D eigenvalue weighted by molar-refractivity contribution is 7.92. The molecule has 4 rings (SSSR count). The van der Waals surface area contributed by atoms with Crippen molar-refractivity contribution in [1.29, 1.82) is 0 Å². The van der Waals surface area contributed by atoms with Crippen molar-refractivity contribution in [3.05, 3.63) is 83.1 Å². The van der Waals surface area contributed by atoms with Crippen LogP contribution in [0.15, 0.2) is 71.6 Å². The number of benzene rings is 3. The van der Waals surface area contributed by atoms with Crippen LogP contribution in [0.5, 0.6) is 11.5 Å². The van der Waals surface area contributed by atoms with Crippen LogP contribution in [-0.2, 0) is 26.2 Å². The van der Waals surface area contributed by atoms with Crippen molar-refractivity contribution in [3.8, 4) is 11.5 Å². The molecule has 1 atom stereocenters. The number of rotatable bonds is 12. The van der Waals surface area contributed by atoms with Crippen molar-refractivity contribution in [2.45, 2.75) is 62.6 Å². The first-order valence-corrected chi connectivity index (χ1v) is 16.2. The summed E-state index contributed by atoms with van der Waals surface area (Å²) < 4.78 is 53.5. The first-order valence-electron chi connectivity index (χ1n) is 14.4. The van der Waals surface area contributed by atoms with E-state index >= 15 is 0 Å². The lowest BCUT2D eigenvalue weighted by atomic mass is 9.95. The summed E-state index contributed by atoms with van der Waals surface area (Å²) in [6, 6.07) is 14.8. The Morgan fingerprint density at radius 2 is 1.59 bits per heavy atom. The number of amides is 2. The van der Waals surface area contributed by atoms with Gasteiger partial charge in [-0.15, -0.1) is 0 Å². The number of nitrogens with zero attached hydrogens (tertiary/aromatic N) is 2. The summed E-state index contributed by atoms with van der Waals surface area (Å²) in [5, 5.41) is 3.58. The van der Waals surface area contributed by atoms with Gasteiger partial charge < -0.3 is 19.7 Å².